The molecular weight excluding hydrogens is 574 g/mol. The lowest BCUT2D eigenvalue weighted by atomic mass is 9.82. The number of aliphatic hydroxyl groups excluding tert-OH is 1. The van der Waals surface area contributed by atoms with Crippen LogP contribution in [0.4, 0.5) is 26.3 Å². The molecule has 3 aromatic rings. The molecule has 0 aliphatic heterocycles. The van der Waals surface area contributed by atoms with E-state index in [1.54, 1.807) is 60.7 Å². The van der Waals surface area contributed by atoms with E-state index in [1.165, 1.54) is 7.05 Å². The SMILES string of the molecule is CC(C)[C@H](CO)NC(=O)CC[C@@H](C(c1ccccc1)c1ccccc1)N(C)C(=O)c1cc(C(F)(F)F)cc(C(F)(F)F)c1. The van der Waals surface area contributed by atoms with Crippen molar-refractivity contribution < 1.29 is 41.0 Å². The summed E-state index contributed by atoms with van der Waals surface area (Å²) in [4.78, 5) is 27.8. The zero-order valence-electron chi connectivity index (χ0n) is 23.9. The van der Waals surface area contributed by atoms with Gasteiger partial charge in [-0.1, -0.05) is 74.5 Å². The fourth-order valence-corrected chi connectivity index (χ4v) is 4.96. The molecule has 0 bridgehead atoms. The zero-order chi connectivity index (χ0) is 31.9. The van der Waals surface area contributed by atoms with E-state index in [2.05, 4.69) is 5.32 Å². The normalized spacial score (nSPS) is 13.6. The van der Waals surface area contributed by atoms with Crippen LogP contribution in [0.5, 0.6) is 0 Å². The molecule has 2 N–H and O–H groups in total. The average molecular weight is 609 g/mol. The monoisotopic (exact) mass is 608 g/mol. The Labute approximate surface area is 246 Å². The van der Waals surface area contributed by atoms with Crippen molar-refractivity contribution in [2.45, 2.75) is 57.0 Å². The van der Waals surface area contributed by atoms with Gasteiger partial charge in [0.05, 0.1) is 23.8 Å². The number of likely N-dealkylation sites (N-methyl/N-ethyl adjacent to an activating group) is 1. The lowest BCUT2D eigenvalue weighted by Gasteiger charge is -2.36. The summed E-state index contributed by atoms with van der Waals surface area (Å²) in [6.07, 6.45) is -10.4. The quantitative estimate of drug-likeness (QED) is 0.233. The highest BCUT2D eigenvalue weighted by Gasteiger charge is 2.39. The van der Waals surface area contributed by atoms with Gasteiger partial charge in [0.1, 0.15) is 0 Å². The molecule has 0 saturated carbocycles. The van der Waals surface area contributed by atoms with Gasteiger partial charge in [0.2, 0.25) is 5.91 Å². The van der Waals surface area contributed by atoms with E-state index in [4.69, 9.17) is 0 Å². The number of nitrogens with zero attached hydrogens (tertiary/aromatic N) is 1. The Balaban J connectivity index is 2.10. The van der Waals surface area contributed by atoms with Crippen LogP contribution in [0.2, 0.25) is 0 Å². The van der Waals surface area contributed by atoms with E-state index in [-0.39, 0.29) is 31.4 Å². The van der Waals surface area contributed by atoms with E-state index >= 15 is 0 Å². The Morgan fingerprint density at radius 1 is 0.814 bits per heavy atom. The lowest BCUT2D eigenvalue weighted by molar-refractivity contribution is -0.143. The van der Waals surface area contributed by atoms with Gasteiger partial charge >= 0.3 is 12.4 Å². The molecule has 43 heavy (non-hydrogen) atoms. The number of nitrogens with one attached hydrogen (secondary N) is 1. The fraction of sp³-hybridized carbons (Fsp3) is 0.375. The second kappa shape index (κ2) is 14.1. The second-order valence-electron chi connectivity index (χ2n) is 10.7. The van der Waals surface area contributed by atoms with Crippen LogP contribution in [-0.4, -0.2) is 47.6 Å². The number of benzene rings is 3. The number of carbonyl (C=O) groups is 2. The highest BCUT2D eigenvalue weighted by Crippen LogP contribution is 2.38. The molecule has 0 radical (unpaired) electrons. The van der Waals surface area contributed by atoms with Crippen LogP contribution in [-0.2, 0) is 17.1 Å². The van der Waals surface area contributed by atoms with Crippen LogP contribution in [0.15, 0.2) is 78.9 Å². The molecule has 0 fully saturated rings. The summed E-state index contributed by atoms with van der Waals surface area (Å²) in [6, 6.07) is 17.3. The van der Waals surface area contributed by atoms with Crippen molar-refractivity contribution in [2.75, 3.05) is 13.7 Å². The van der Waals surface area contributed by atoms with Crippen LogP contribution in [0.1, 0.15) is 65.2 Å². The number of hydrogen-bond donors (Lipinski definition) is 2. The summed E-state index contributed by atoms with van der Waals surface area (Å²) in [6.45, 7) is 3.35. The molecule has 0 unspecified atom stereocenters. The van der Waals surface area contributed by atoms with Crippen molar-refractivity contribution in [3.8, 4) is 0 Å². The molecule has 3 aromatic carbocycles. The molecule has 0 spiro atoms. The van der Waals surface area contributed by atoms with Gasteiger partial charge in [-0.05, 0) is 41.7 Å². The van der Waals surface area contributed by atoms with Crippen LogP contribution >= 0.6 is 0 Å². The Morgan fingerprint density at radius 2 is 1.28 bits per heavy atom. The molecule has 0 heterocycles. The molecule has 2 atom stereocenters. The van der Waals surface area contributed by atoms with Crippen LogP contribution in [0.3, 0.4) is 0 Å². The van der Waals surface area contributed by atoms with Crippen molar-refractivity contribution in [1.82, 2.24) is 10.2 Å². The summed E-state index contributed by atoms with van der Waals surface area (Å²) in [5.41, 5.74) is -2.51. The van der Waals surface area contributed by atoms with E-state index in [1.807, 2.05) is 13.8 Å². The highest BCUT2D eigenvalue weighted by molar-refractivity contribution is 5.95. The second-order valence-corrected chi connectivity index (χ2v) is 10.7. The predicted molar refractivity (Wildman–Crippen MR) is 150 cm³/mol. The van der Waals surface area contributed by atoms with Crippen molar-refractivity contribution in [3.05, 3.63) is 107 Å². The highest BCUT2D eigenvalue weighted by atomic mass is 19.4. The third kappa shape index (κ3) is 8.82. The topological polar surface area (TPSA) is 69.6 Å². The molecule has 232 valence electrons. The maximum Gasteiger partial charge on any atom is 0.416 e. The average Bonchev–Trinajstić information content (AvgIpc) is 2.96. The van der Waals surface area contributed by atoms with E-state index in [9.17, 15) is 41.0 Å². The summed E-state index contributed by atoms with van der Waals surface area (Å²) in [5.74, 6) is -2.14. The van der Waals surface area contributed by atoms with Gasteiger partial charge in [-0.25, -0.2) is 0 Å². The minimum absolute atomic E-state index is 0.0177. The standard InChI is InChI=1S/C32H34F6N2O3/c1-20(2)26(19-41)39-28(42)15-14-27(29(21-10-6-4-7-11-21)22-12-8-5-9-13-22)40(3)30(43)23-16-24(31(33,34)35)18-25(17-23)32(36,37)38/h4-13,16-18,20,26-27,29,41H,14-15,19H2,1-3H3,(H,39,42)/t26-,27-/m0/s1. The number of alkyl halides is 6. The first-order valence-electron chi connectivity index (χ1n) is 13.7. The van der Waals surface area contributed by atoms with Crippen molar-refractivity contribution in [1.29, 1.82) is 0 Å². The molecule has 0 aromatic heterocycles. The number of carbonyl (C=O) groups excluding carboxylic acids is 2. The third-order valence-electron chi connectivity index (χ3n) is 7.37. The minimum Gasteiger partial charge on any atom is -0.394 e. The third-order valence-corrected chi connectivity index (χ3v) is 7.37. The summed E-state index contributed by atoms with van der Waals surface area (Å²) >= 11 is 0. The molecule has 0 saturated heterocycles. The van der Waals surface area contributed by atoms with Crippen LogP contribution in [0, 0.1) is 5.92 Å². The van der Waals surface area contributed by atoms with Crippen molar-refractivity contribution in [3.63, 3.8) is 0 Å². The lowest BCUT2D eigenvalue weighted by Crippen LogP contribution is -2.44. The van der Waals surface area contributed by atoms with Gasteiger partial charge in [-0.15, -0.1) is 0 Å². The molecule has 2 amide bonds. The summed E-state index contributed by atoms with van der Waals surface area (Å²) in [5, 5.41) is 12.4. The summed E-state index contributed by atoms with van der Waals surface area (Å²) in [7, 11) is 1.31. The van der Waals surface area contributed by atoms with Gasteiger partial charge in [0.15, 0.2) is 0 Å². The van der Waals surface area contributed by atoms with Crippen molar-refractivity contribution in [2.24, 2.45) is 5.92 Å². The van der Waals surface area contributed by atoms with Gasteiger partial charge in [0, 0.05) is 31.0 Å². The Bertz CT molecular complexity index is 1290. The predicted octanol–water partition coefficient (Wildman–Crippen LogP) is 6.91. The summed E-state index contributed by atoms with van der Waals surface area (Å²) < 4.78 is 81.5. The van der Waals surface area contributed by atoms with Gasteiger partial charge < -0.3 is 15.3 Å². The maximum atomic E-state index is 13.7. The first-order chi connectivity index (χ1) is 20.1. The fourth-order valence-electron chi connectivity index (χ4n) is 4.96. The Hall–Kier alpha value is -3.86. The molecule has 5 nitrogen and oxygen atoms in total. The number of aliphatic hydroxyl groups is 1. The molecule has 0 aliphatic carbocycles. The molecule has 11 heteroatoms. The largest absolute Gasteiger partial charge is 0.416 e. The maximum absolute atomic E-state index is 13.7. The Morgan fingerprint density at radius 3 is 1.67 bits per heavy atom. The van der Waals surface area contributed by atoms with Gasteiger partial charge in [-0.3, -0.25) is 9.59 Å². The molecule has 3 rings (SSSR count). The van der Waals surface area contributed by atoms with Crippen molar-refractivity contribution >= 4 is 11.8 Å². The number of rotatable bonds is 11. The van der Waals surface area contributed by atoms with E-state index < -0.39 is 58.9 Å². The molecular formula is C32H34F6N2O3. The first-order valence-corrected chi connectivity index (χ1v) is 13.7. The Kier molecular flexibility index (Phi) is 11.0. The molecule has 0 aliphatic rings. The minimum atomic E-state index is -5.12. The van der Waals surface area contributed by atoms with Gasteiger partial charge in [-0.2, -0.15) is 26.3 Å². The van der Waals surface area contributed by atoms with E-state index in [0.717, 1.165) is 16.0 Å². The van der Waals surface area contributed by atoms with Crippen LogP contribution < -0.4 is 5.32 Å². The smallest absolute Gasteiger partial charge is 0.394 e. The number of amides is 2. The van der Waals surface area contributed by atoms with Crippen LogP contribution in [0.25, 0.3) is 0 Å². The zero-order valence-corrected chi connectivity index (χ0v) is 23.9. The first kappa shape index (κ1) is 33.6. The number of halogens is 6. The number of hydrogen-bond acceptors (Lipinski definition) is 3. The van der Waals surface area contributed by atoms with E-state index in [0.29, 0.717) is 12.1 Å². The van der Waals surface area contributed by atoms with Gasteiger partial charge in [0.25, 0.3) is 5.91 Å².